The molecular formula is C11H16BrNO3. The Hall–Kier alpha value is -1.10. The third-order valence-electron chi connectivity index (χ3n) is 2.27. The van der Waals surface area contributed by atoms with Crippen molar-refractivity contribution in [3.8, 4) is 17.2 Å². The van der Waals surface area contributed by atoms with Crippen LogP contribution in [0.4, 0.5) is 5.69 Å². The summed E-state index contributed by atoms with van der Waals surface area (Å²) < 4.78 is 15.8. The molecule has 0 saturated carbocycles. The van der Waals surface area contributed by atoms with Crippen molar-refractivity contribution >= 4 is 21.6 Å². The van der Waals surface area contributed by atoms with Crippen molar-refractivity contribution in [3.05, 3.63) is 12.1 Å². The number of methoxy groups -OCH3 is 3. The molecule has 0 amide bonds. The lowest BCUT2D eigenvalue weighted by Gasteiger charge is -2.19. The van der Waals surface area contributed by atoms with Gasteiger partial charge in [-0.15, -0.1) is 0 Å². The molecule has 16 heavy (non-hydrogen) atoms. The standard InChI is InChI=1S/C11H16BrNO3/c1-13(7-12)8-5-9(14-2)11(16-4)10(6-8)15-3/h5-6H,7H2,1-4H3. The van der Waals surface area contributed by atoms with Gasteiger partial charge in [0.05, 0.1) is 26.8 Å². The molecule has 0 unspecified atom stereocenters. The van der Waals surface area contributed by atoms with Crippen LogP contribution in [0.15, 0.2) is 12.1 Å². The van der Waals surface area contributed by atoms with E-state index >= 15 is 0 Å². The van der Waals surface area contributed by atoms with Crippen LogP contribution in [0.5, 0.6) is 17.2 Å². The van der Waals surface area contributed by atoms with Gasteiger partial charge >= 0.3 is 0 Å². The van der Waals surface area contributed by atoms with Crippen LogP contribution in [0.25, 0.3) is 0 Å². The summed E-state index contributed by atoms with van der Waals surface area (Å²) in [5.41, 5.74) is 1.72. The van der Waals surface area contributed by atoms with Gasteiger partial charge in [0.2, 0.25) is 5.75 Å². The van der Waals surface area contributed by atoms with E-state index in [2.05, 4.69) is 15.9 Å². The van der Waals surface area contributed by atoms with Crippen molar-refractivity contribution in [1.82, 2.24) is 0 Å². The fraction of sp³-hybridized carbons (Fsp3) is 0.455. The molecule has 1 rings (SSSR count). The minimum atomic E-state index is 0.608. The molecule has 0 N–H and O–H groups in total. The Bertz CT molecular complexity index is 332. The zero-order valence-electron chi connectivity index (χ0n) is 9.91. The monoisotopic (exact) mass is 289 g/mol. The fourth-order valence-corrected chi connectivity index (χ4v) is 1.65. The van der Waals surface area contributed by atoms with Gasteiger partial charge in [0.1, 0.15) is 0 Å². The van der Waals surface area contributed by atoms with E-state index in [-0.39, 0.29) is 0 Å². The Labute approximate surface area is 104 Å². The molecule has 4 nitrogen and oxygen atoms in total. The molecule has 0 saturated heterocycles. The first-order chi connectivity index (χ1) is 7.67. The third kappa shape index (κ3) is 2.52. The van der Waals surface area contributed by atoms with Crippen molar-refractivity contribution in [2.24, 2.45) is 0 Å². The van der Waals surface area contributed by atoms with Crippen LogP contribution in [0.1, 0.15) is 0 Å². The van der Waals surface area contributed by atoms with E-state index in [9.17, 15) is 0 Å². The minimum absolute atomic E-state index is 0.608. The topological polar surface area (TPSA) is 30.9 Å². The second-order valence-corrected chi connectivity index (χ2v) is 3.70. The number of anilines is 1. The molecule has 0 bridgehead atoms. The molecule has 1 aromatic carbocycles. The van der Waals surface area contributed by atoms with Gasteiger partial charge in [0.15, 0.2) is 11.5 Å². The van der Waals surface area contributed by atoms with Crippen LogP contribution in [-0.2, 0) is 0 Å². The lowest BCUT2D eigenvalue weighted by molar-refractivity contribution is 0.324. The number of rotatable bonds is 5. The quantitative estimate of drug-likeness (QED) is 0.616. The average Bonchev–Trinajstić information content (AvgIpc) is 2.35. The van der Waals surface area contributed by atoms with Crippen LogP contribution >= 0.6 is 15.9 Å². The number of hydrogen-bond acceptors (Lipinski definition) is 4. The van der Waals surface area contributed by atoms with E-state index in [4.69, 9.17) is 14.2 Å². The fourth-order valence-electron chi connectivity index (χ4n) is 1.36. The summed E-state index contributed by atoms with van der Waals surface area (Å²) in [6.07, 6.45) is 0. The van der Waals surface area contributed by atoms with Gasteiger partial charge in [-0.05, 0) is 0 Å². The van der Waals surface area contributed by atoms with Crippen LogP contribution in [0.2, 0.25) is 0 Å². The van der Waals surface area contributed by atoms with E-state index in [1.54, 1.807) is 21.3 Å². The van der Waals surface area contributed by atoms with Crippen molar-refractivity contribution in [1.29, 1.82) is 0 Å². The summed E-state index contributed by atoms with van der Waals surface area (Å²) in [5.74, 6) is 1.92. The average molecular weight is 290 g/mol. The number of nitrogens with zero attached hydrogens (tertiary/aromatic N) is 1. The van der Waals surface area contributed by atoms with Gasteiger partial charge < -0.3 is 19.1 Å². The zero-order chi connectivity index (χ0) is 12.1. The second kappa shape index (κ2) is 5.84. The molecule has 0 radical (unpaired) electrons. The summed E-state index contributed by atoms with van der Waals surface area (Å²) in [7, 11) is 6.77. The van der Waals surface area contributed by atoms with Gasteiger partial charge in [-0.25, -0.2) is 0 Å². The molecule has 0 atom stereocenters. The number of alkyl halides is 1. The summed E-state index contributed by atoms with van der Waals surface area (Å²) in [4.78, 5) is 2.02. The Morgan fingerprint density at radius 2 is 1.56 bits per heavy atom. The van der Waals surface area contributed by atoms with Gasteiger partial charge in [0, 0.05) is 24.9 Å². The van der Waals surface area contributed by atoms with Crippen molar-refractivity contribution in [2.75, 3.05) is 38.7 Å². The minimum Gasteiger partial charge on any atom is -0.493 e. The lowest BCUT2D eigenvalue weighted by Crippen LogP contribution is -2.14. The predicted octanol–water partition coefficient (Wildman–Crippen LogP) is 2.50. The maximum atomic E-state index is 5.27. The molecule has 1 aromatic rings. The largest absolute Gasteiger partial charge is 0.493 e. The van der Waals surface area contributed by atoms with Crippen LogP contribution in [-0.4, -0.2) is 33.8 Å². The number of ether oxygens (including phenoxy) is 3. The van der Waals surface area contributed by atoms with E-state index < -0.39 is 0 Å². The van der Waals surface area contributed by atoms with Crippen LogP contribution < -0.4 is 19.1 Å². The first kappa shape index (κ1) is 13.0. The second-order valence-electron chi connectivity index (χ2n) is 3.20. The first-order valence-electron chi connectivity index (χ1n) is 4.75. The molecule has 0 aliphatic rings. The Morgan fingerprint density at radius 1 is 1.06 bits per heavy atom. The summed E-state index contributed by atoms with van der Waals surface area (Å²) in [6.45, 7) is 0. The smallest absolute Gasteiger partial charge is 0.203 e. The highest BCUT2D eigenvalue weighted by molar-refractivity contribution is 9.09. The number of benzene rings is 1. The Kier molecular flexibility index (Phi) is 4.73. The van der Waals surface area contributed by atoms with Crippen molar-refractivity contribution in [2.45, 2.75) is 0 Å². The molecular weight excluding hydrogens is 274 g/mol. The molecule has 0 aliphatic carbocycles. The van der Waals surface area contributed by atoms with Crippen LogP contribution in [0, 0.1) is 0 Å². The molecule has 0 aromatic heterocycles. The van der Waals surface area contributed by atoms with Crippen molar-refractivity contribution < 1.29 is 14.2 Å². The van der Waals surface area contributed by atoms with E-state index in [1.165, 1.54) is 0 Å². The Morgan fingerprint density at radius 3 is 1.88 bits per heavy atom. The number of halogens is 1. The zero-order valence-corrected chi connectivity index (χ0v) is 11.5. The highest BCUT2D eigenvalue weighted by Gasteiger charge is 2.14. The SMILES string of the molecule is COc1cc(N(C)CBr)cc(OC)c1OC. The van der Waals surface area contributed by atoms with Gasteiger partial charge in [-0.3, -0.25) is 0 Å². The molecule has 90 valence electrons. The maximum absolute atomic E-state index is 5.27. The molecule has 5 heteroatoms. The molecule has 0 aliphatic heterocycles. The van der Waals surface area contributed by atoms with E-state index in [0.717, 1.165) is 11.1 Å². The summed E-state index contributed by atoms with van der Waals surface area (Å²) >= 11 is 3.39. The summed E-state index contributed by atoms with van der Waals surface area (Å²) in [6, 6.07) is 3.81. The van der Waals surface area contributed by atoms with Gasteiger partial charge in [0.25, 0.3) is 0 Å². The normalized spacial score (nSPS) is 9.81. The number of hydrogen-bond donors (Lipinski definition) is 0. The Balaban J connectivity index is 3.25. The molecule has 0 heterocycles. The van der Waals surface area contributed by atoms with Crippen molar-refractivity contribution in [3.63, 3.8) is 0 Å². The maximum Gasteiger partial charge on any atom is 0.203 e. The van der Waals surface area contributed by atoms with Gasteiger partial charge in [-0.2, -0.15) is 0 Å². The van der Waals surface area contributed by atoms with E-state index in [1.807, 2.05) is 24.1 Å². The lowest BCUT2D eigenvalue weighted by atomic mass is 10.2. The first-order valence-corrected chi connectivity index (χ1v) is 5.87. The predicted molar refractivity (Wildman–Crippen MR) is 68.3 cm³/mol. The molecule has 0 spiro atoms. The third-order valence-corrected chi connectivity index (χ3v) is 3.02. The highest BCUT2D eigenvalue weighted by atomic mass is 79.9. The molecule has 0 fully saturated rings. The van der Waals surface area contributed by atoms with Gasteiger partial charge in [-0.1, -0.05) is 15.9 Å². The highest BCUT2D eigenvalue weighted by Crippen LogP contribution is 2.40. The summed E-state index contributed by atoms with van der Waals surface area (Å²) in [5, 5.41) is 0. The van der Waals surface area contributed by atoms with Crippen LogP contribution in [0.3, 0.4) is 0 Å². The van der Waals surface area contributed by atoms with E-state index in [0.29, 0.717) is 17.2 Å².